The monoisotopic (exact) mass is 402 g/mol. The highest BCUT2D eigenvalue weighted by Crippen LogP contribution is 2.40. The van der Waals surface area contributed by atoms with Crippen LogP contribution in [0.5, 0.6) is 17.2 Å². The fraction of sp³-hybridized carbons (Fsp3) is 0.300. The number of aliphatic hydroxyl groups excluding tert-OH is 2. The van der Waals surface area contributed by atoms with Gasteiger partial charge in [-0.25, -0.2) is 0 Å². The third-order valence-electron chi connectivity index (χ3n) is 5.13. The minimum absolute atomic E-state index is 0.00311. The predicted octanol–water partition coefficient (Wildman–Crippen LogP) is 0.00102. The normalized spacial score (nSPS) is 25.7. The molecule has 1 aliphatic carbocycles. The molecule has 1 fully saturated rings. The fourth-order valence-corrected chi connectivity index (χ4v) is 3.57. The van der Waals surface area contributed by atoms with E-state index in [4.69, 9.17) is 9.47 Å². The molecule has 1 unspecified atom stereocenters. The third kappa shape index (κ3) is 2.87. The summed E-state index contributed by atoms with van der Waals surface area (Å²) < 4.78 is 10.6. The van der Waals surface area contributed by atoms with Gasteiger partial charge in [0.05, 0.1) is 24.3 Å². The van der Waals surface area contributed by atoms with Crippen LogP contribution >= 0.6 is 0 Å². The number of aromatic hydroxyl groups is 2. The molecule has 0 bridgehead atoms. The van der Waals surface area contributed by atoms with Gasteiger partial charge in [0.1, 0.15) is 29.0 Å². The van der Waals surface area contributed by atoms with E-state index in [1.54, 1.807) is 6.92 Å². The minimum Gasteiger partial charge on any atom is -0.507 e. The van der Waals surface area contributed by atoms with Crippen molar-refractivity contribution in [3.8, 4) is 17.2 Å². The third-order valence-corrected chi connectivity index (χ3v) is 5.13. The lowest BCUT2D eigenvalue weighted by atomic mass is 9.82. The van der Waals surface area contributed by atoms with E-state index >= 15 is 0 Å². The molecular formula is C20H18O9. The standard InChI is InChI=1S/C20H18O9/c1-8-2-10-14(12(22)3-8)17(25)15-11(16(10)24)4-9(5-13(15)23)29-19-18(26)20(27,6-21)7-28-19/h2-5,18-19,21-23,26-27H,6-7H2,1H3/t18-,19-,20?/m0/s1. The Hall–Kier alpha value is -2.98. The first kappa shape index (κ1) is 19.3. The van der Waals surface area contributed by atoms with Gasteiger partial charge < -0.3 is 35.0 Å². The second kappa shape index (κ2) is 6.53. The molecule has 0 spiro atoms. The first-order valence-electron chi connectivity index (χ1n) is 8.76. The molecule has 2 aromatic carbocycles. The first-order valence-corrected chi connectivity index (χ1v) is 8.76. The molecule has 0 amide bonds. The summed E-state index contributed by atoms with van der Waals surface area (Å²) in [5.74, 6) is -2.29. The highest BCUT2D eigenvalue weighted by atomic mass is 16.7. The fourth-order valence-electron chi connectivity index (χ4n) is 3.57. The molecule has 0 saturated carbocycles. The first-order chi connectivity index (χ1) is 13.7. The van der Waals surface area contributed by atoms with E-state index in [-0.39, 0.29) is 40.4 Å². The summed E-state index contributed by atoms with van der Waals surface area (Å²) in [6.45, 7) is 0.525. The summed E-state index contributed by atoms with van der Waals surface area (Å²) in [4.78, 5) is 25.7. The number of phenols is 2. The number of carbonyl (C=O) groups is 2. The van der Waals surface area contributed by atoms with Gasteiger partial charge in [-0.05, 0) is 30.7 Å². The van der Waals surface area contributed by atoms with Crippen molar-refractivity contribution in [2.24, 2.45) is 0 Å². The maximum absolute atomic E-state index is 12.9. The SMILES string of the molecule is Cc1cc(O)c2c(c1)C(=O)c1cc(O[C@@H]3OCC(O)(CO)[C@H]3O)cc(O)c1C2=O. The average Bonchev–Trinajstić information content (AvgIpc) is 2.94. The van der Waals surface area contributed by atoms with Crippen molar-refractivity contribution in [3.05, 3.63) is 52.1 Å². The molecule has 2 aliphatic rings. The Kier molecular flexibility index (Phi) is 4.35. The van der Waals surface area contributed by atoms with Gasteiger partial charge in [-0.15, -0.1) is 0 Å². The number of hydrogen-bond acceptors (Lipinski definition) is 9. The van der Waals surface area contributed by atoms with Crippen molar-refractivity contribution >= 4 is 11.6 Å². The molecule has 1 saturated heterocycles. The maximum atomic E-state index is 12.9. The molecule has 0 aromatic heterocycles. The second-order valence-electron chi connectivity index (χ2n) is 7.23. The van der Waals surface area contributed by atoms with Crippen LogP contribution in [0, 0.1) is 6.92 Å². The van der Waals surface area contributed by atoms with Crippen LogP contribution in [0.3, 0.4) is 0 Å². The lowest BCUT2D eigenvalue weighted by Crippen LogP contribution is -2.48. The van der Waals surface area contributed by atoms with Crippen molar-refractivity contribution in [3.63, 3.8) is 0 Å². The van der Waals surface area contributed by atoms with E-state index < -0.39 is 41.9 Å². The van der Waals surface area contributed by atoms with Crippen LogP contribution in [0.1, 0.15) is 37.4 Å². The molecule has 4 rings (SSSR count). The molecule has 1 aliphatic heterocycles. The van der Waals surface area contributed by atoms with Gasteiger partial charge in [-0.3, -0.25) is 9.59 Å². The predicted molar refractivity (Wildman–Crippen MR) is 96.2 cm³/mol. The number of carbonyl (C=O) groups excluding carboxylic acids is 2. The number of ether oxygens (including phenoxy) is 2. The van der Waals surface area contributed by atoms with E-state index in [2.05, 4.69) is 0 Å². The Morgan fingerprint density at radius 2 is 1.69 bits per heavy atom. The Labute approximate surface area is 164 Å². The Morgan fingerprint density at radius 1 is 1.07 bits per heavy atom. The molecular weight excluding hydrogens is 384 g/mol. The van der Waals surface area contributed by atoms with Crippen LogP contribution in [0.4, 0.5) is 0 Å². The summed E-state index contributed by atoms with van der Waals surface area (Å²) in [5.41, 5.74) is -1.90. The van der Waals surface area contributed by atoms with E-state index in [0.29, 0.717) is 5.56 Å². The van der Waals surface area contributed by atoms with Crippen LogP contribution in [-0.4, -0.2) is 68.3 Å². The molecule has 9 heteroatoms. The molecule has 1 heterocycles. The number of fused-ring (bicyclic) bond motifs is 2. The second-order valence-corrected chi connectivity index (χ2v) is 7.23. The largest absolute Gasteiger partial charge is 0.507 e. The van der Waals surface area contributed by atoms with E-state index in [9.17, 15) is 35.1 Å². The number of ketones is 2. The smallest absolute Gasteiger partial charge is 0.229 e. The highest BCUT2D eigenvalue weighted by molar-refractivity contribution is 6.30. The van der Waals surface area contributed by atoms with Crippen LogP contribution in [0.25, 0.3) is 0 Å². The molecule has 2 aromatic rings. The molecule has 29 heavy (non-hydrogen) atoms. The Bertz CT molecular complexity index is 1040. The number of aryl methyl sites for hydroxylation is 1. The molecule has 152 valence electrons. The van der Waals surface area contributed by atoms with Gasteiger partial charge in [0.25, 0.3) is 0 Å². The van der Waals surface area contributed by atoms with Crippen molar-refractivity contribution in [2.45, 2.75) is 24.9 Å². The number of benzene rings is 2. The van der Waals surface area contributed by atoms with E-state index in [1.165, 1.54) is 18.2 Å². The summed E-state index contributed by atoms with van der Waals surface area (Å²) in [7, 11) is 0. The summed E-state index contributed by atoms with van der Waals surface area (Å²) in [5, 5.41) is 49.8. The average molecular weight is 402 g/mol. The number of hydrogen-bond donors (Lipinski definition) is 5. The van der Waals surface area contributed by atoms with Crippen molar-refractivity contribution in [2.75, 3.05) is 13.2 Å². The van der Waals surface area contributed by atoms with Crippen molar-refractivity contribution < 1.29 is 44.6 Å². The highest BCUT2D eigenvalue weighted by Gasteiger charge is 2.49. The van der Waals surface area contributed by atoms with Gasteiger partial charge in [-0.1, -0.05) is 0 Å². The van der Waals surface area contributed by atoms with Gasteiger partial charge in [0.2, 0.25) is 12.1 Å². The Balaban J connectivity index is 1.74. The maximum Gasteiger partial charge on any atom is 0.229 e. The topological polar surface area (TPSA) is 154 Å². The molecule has 5 N–H and O–H groups in total. The van der Waals surface area contributed by atoms with Gasteiger partial charge in [-0.2, -0.15) is 0 Å². The number of rotatable bonds is 3. The van der Waals surface area contributed by atoms with Crippen molar-refractivity contribution in [1.82, 2.24) is 0 Å². The van der Waals surface area contributed by atoms with E-state index in [1.807, 2.05) is 0 Å². The van der Waals surface area contributed by atoms with Crippen LogP contribution in [0.2, 0.25) is 0 Å². The van der Waals surface area contributed by atoms with Crippen LogP contribution in [-0.2, 0) is 4.74 Å². The van der Waals surface area contributed by atoms with Gasteiger partial charge >= 0.3 is 0 Å². The number of phenolic OH excluding ortho intramolecular Hbond substituents is 2. The summed E-state index contributed by atoms with van der Waals surface area (Å²) >= 11 is 0. The van der Waals surface area contributed by atoms with Gasteiger partial charge in [0, 0.05) is 17.2 Å². The van der Waals surface area contributed by atoms with Crippen LogP contribution in [0.15, 0.2) is 24.3 Å². The van der Waals surface area contributed by atoms with Gasteiger partial charge in [0.15, 0.2) is 5.78 Å². The van der Waals surface area contributed by atoms with Crippen LogP contribution < -0.4 is 4.74 Å². The molecule has 9 nitrogen and oxygen atoms in total. The lowest BCUT2D eigenvalue weighted by Gasteiger charge is -2.24. The zero-order valence-electron chi connectivity index (χ0n) is 15.2. The van der Waals surface area contributed by atoms with Crippen molar-refractivity contribution in [1.29, 1.82) is 0 Å². The zero-order chi connectivity index (χ0) is 21.1. The quantitative estimate of drug-likeness (QED) is 0.407. The minimum atomic E-state index is -1.90. The zero-order valence-corrected chi connectivity index (χ0v) is 15.2. The lowest BCUT2D eigenvalue weighted by molar-refractivity contribution is -0.115. The molecule has 0 radical (unpaired) electrons. The van der Waals surface area contributed by atoms with E-state index in [0.717, 1.165) is 6.07 Å². The Morgan fingerprint density at radius 3 is 2.31 bits per heavy atom. The summed E-state index contributed by atoms with van der Waals surface area (Å²) in [6, 6.07) is 5.09. The molecule has 3 atom stereocenters. The summed E-state index contributed by atoms with van der Waals surface area (Å²) in [6.07, 6.45) is -2.94. The number of aliphatic hydroxyl groups is 3.